The van der Waals surface area contributed by atoms with Crippen LogP contribution >= 0.6 is 11.3 Å². The summed E-state index contributed by atoms with van der Waals surface area (Å²) in [5, 5.41) is 6.75. The van der Waals surface area contributed by atoms with Gasteiger partial charge in [0.05, 0.1) is 10.9 Å². The third kappa shape index (κ3) is 2.57. The summed E-state index contributed by atoms with van der Waals surface area (Å²) in [6.07, 6.45) is 1.05. The zero-order valence-corrected chi connectivity index (χ0v) is 13.5. The summed E-state index contributed by atoms with van der Waals surface area (Å²) >= 11 is 0.668. The predicted molar refractivity (Wildman–Crippen MR) is 83.9 cm³/mol. The molecule has 0 amide bonds. The van der Waals surface area contributed by atoms with Crippen LogP contribution in [0.4, 0.5) is 0 Å². The van der Waals surface area contributed by atoms with Crippen LogP contribution in [0.5, 0.6) is 0 Å². The average Bonchev–Trinajstić information content (AvgIpc) is 3.05. The van der Waals surface area contributed by atoms with Gasteiger partial charge < -0.3 is 4.42 Å². The van der Waals surface area contributed by atoms with Crippen molar-refractivity contribution in [2.75, 3.05) is 0 Å². The van der Waals surface area contributed by atoms with Gasteiger partial charge in [-0.15, -0.1) is 10.2 Å². The highest BCUT2D eigenvalue weighted by Gasteiger charge is 2.28. The molecule has 0 saturated carbocycles. The molecule has 0 bridgehead atoms. The molecule has 2 heterocycles. The van der Waals surface area contributed by atoms with E-state index in [2.05, 4.69) is 10.2 Å². The molecule has 0 N–H and O–H groups in total. The molecule has 2 aromatic heterocycles. The molecule has 0 aliphatic heterocycles. The van der Waals surface area contributed by atoms with Crippen molar-refractivity contribution in [2.24, 2.45) is 0 Å². The first-order valence-electron chi connectivity index (χ1n) is 6.57. The van der Waals surface area contributed by atoms with E-state index < -0.39 is 19.3 Å². The molecule has 9 heteroatoms. The molecule has 0 saturated heterocycles. The summed E-state index contributed by atoms with van der Waals surface area (Å²) in [5.74, 6) is 0. The van der Waals surface area contributed by atoms with E-state index in [1.165, 1.54) is 13.2 Å². The lowest BCUT2D eigenvalue weighted by molar-refractivity contribution is -0.111. The van der Waals surface area contributed by atoms with E-state index >= 15 is 0 Å². The van der Waals surface area contributed by atoms with E-state index in [1.807, 2.05) is 0 Å². The number of sulfone groups is 1. The van der Waals surface area contributed by atoms with Gasteiger partial charge in [-0.3, -0.25) is 9.59 Å². The first-order valence-corrected chi connectivity index (χ1v) is 8.87. The molecule has 0 fully saturated rings. The van der Waals surface area contributed by atoms with Crippen molar-refractivity contribution in [1.82, 2.24) is 10.2 Å². The number of nitrogens with zero attached hydrogens (tertiary/aromatic N) is 2. The van der Waals surface area contributed by atoms with Crippen molar-refractivity contribution in [3.63, 3.8) is 0 Å². The Hall–Kier alpha value is -2.39. The second-order valence-electron chi connectivity index (χ2n) is 4.58. The summed E-state index contributed by atoms with van der Waals surface area (Å²) in [4.78, 5) is 23.9. The number of benzene rings is 1. The highest BCUT2D eigenvalue weighted by molar-refractivity contribution is 8.07. The molecule has 23 heavy (non-hydrogen) atoms. The quantitative estimate of drug-likeness (QED) is 0.711. The number of carbonyl (C=O) groups is 1. The fourth-order valence-electron chi connectivity index (χ4n) is 1.94. The van der Waals surface area contributed by atoms with Crippen molar-refractivity contribution in [3.05, 3.63) is 40.8 Å². The lowest BCUT2D eigenvalue weighted by atomic mass is 10.2. The van der Waals surface area contributed by atoms with Crippen LogP contribution in [0.1, 0.15) is 13.3 Å². The monoisotopic (exact) mass is 350 g/mol. The molecular weight excluding hydrogens is 340 g/mol. The number of rotatable bonds is 3. The molecule has 118 valence electrons. The Morgan fingerprint density at radius 1 is 1.26 bits per heavy atom. The topological polar surface area (TPSA) is 107 Å². The van der Waals surface area contributed by atoms with Gasteiger partial charge in [0.1, 0.15) is 11.8 Å². The summed E-state index contributed by atoms with van der Waals surface area (Å²) in [5.41, 5.74) is 0.181. The van der Waals surface area contributed by atoms with Crippen molar-refractivity contribution in [3.8, 4) is 10.6 Å². The Kier molecular flexibility index (Phi) is 3.82. The molecule has 3 rings (SSSR count). The maximum atomic E-state index is 12.4. The maximum Gasteiger partial charge on any atom is 0.268 e. The normalized spacial score (nSPS) is 11.7. The Morgan fingerprint density at radius 2 is 2.00 bits per heavy atom. The minimum Gasteiger partial charge on any atom is -0.463 e. The number of fused-ring (bicyclic) bond motifs is 1. The molecule has 0 aliphatic carbocycles. The van der Waals surface area contributed by atoms with E-state index in [0.29, 0.717) is 22.3 Å². The highest BCUT2D eigenvalue weighted by Crippen LogP contribution is 2.26. The Bertz CT molecular complexity index is 1070. The van der Waals surface area contributed by atoms with E-state index in [9.17, 15) is 18.0 Å². The fraction of sp³-hybridized carbons (Fsp3) is 0.143. The van der Waals surface area contributed by atoms with E-state index in [4.69, 9.17) is 4.42 Å². The molecule has 7 nitrogen and oxygen atoms in total. The maximum absolute atomic E-state index is 12.4. The largest absolute Gasteiger partial charge is 0.463 e. The fourth-order valence-corrected chi connectivity index (χ4v) is 4.20. The van der Waals surface area contributed by atoms with Crippen LogP contribution in [0.2, 0.25) is 0 Å². The predicted octanol–water partition coefficient (Wildman–Crippen LogP) is 2.02. The third-order valence-electron chi connectivity index (χ3n) is 3.14. The third-order valence-corrected chi connectivity index (χ3v) is 6.22. The zero-order chi connectivity index (χ0) is 16.6. The lowest BCUT2D eigenvalue weighted by Crippen LogP contribution is -2.13. The van der Waals surface area contributed by atoms with Crippen LogP contribution in [0.3, 0.4) is 0 Å². The SMILES string of the molecule is CCC(=O)S(=O)(=O)c1nnc(-c2coc3ccccc3c2=O)s1. The van der Waals surface area contributed by atoms with E-state index in [1.54, 1.807) is 24.3 Å². The van der Waals surface area contributed by atoms with Gasteiger partial charge in [0, 0.05) is 6.42 Å². The van der Waals surface area contributed by atoms with E-state index in [-0.39, 0.29) is 22.4 Å². The number of aromatic nitrogens is 2. The summed E-state index contributed by atoms with van der Waals surface area (Å²) < 4.78 is 28.9. The lowest BCUT2D eigenvalue weighted by Gasteiger charge is -1.98. The molecule has 1 aromatic carbocycles. The summed E-state index contributed by atoms with van der Waals surface area (Å²) in [6.45, 7) is 1.44. The second kappa shape index (κ2) is 5.67. The van der Waals surface area contributed by atoms with Gasteiger partial charge in [-0.1, -0.05) is 30.4 Å². The van der Waals surface area contributed by atoms with Crippen molar-refractivity contribution < 1.29 is 17.6 Å². The Balaban J connectivity index is 2.13. The first kappa shape index (κ1) is 15.5. The van der Waals surface area contributed by atoms with Crippen molar-refractivity contribution in [2.45, 2.75) is 17.7 Å². The molecule has 3 aromatic rings. The zero-order valence-electron chi connectivity index (χ0n) is 11.8. The van der Waals surface area contributed by atoms with Gasteiger partial charge in [0.15, 0.2) is 5.01 Å². The number of hydrogen-bond acceptors (Lipinski definition) is 8. The van der Waals surface area contributed by atoms with Gasteiger partial charge in [-0.25, -0.2) is 8.42 Å². The molecular formula is C14H10N2O5S2. The minimum absolute atomic E-state index is 0.0898. The second-order valence-corrected chi connectivity index (χ2v) is 7.66. The molecule has 0 atom stereocenters. The van der Waals surface area contributed by atoms with Crippen molar-refractivity contribution >= 4 is 37.3 Å². The van der Waals surface area contributed by atoms with Gasteiger partial charge in [0.2, 0.25) is 9.77 Å². The molecule has 0 radical (unpaired) electrons. The van der Waals surface area contributed by atoms with E-state index in [0.717, 1.165) is 0 Å². The molecule has 0 spiro atoms. The van der Waals surface area contributed by atoms with Gasteiger partial charge >= 0.3 is 0 Å². The van der Waals surface area contributed by atoms with Crippen LogP contribution in [0, 0.1) is 0 Å². The first-order chi connectivity index (χ1) is 10.9. The van der Waals surface area contributed by atoms with Crippen LogP contribution in [-0.2, 0) is 14.6 Å². The number of hydrogen-bond donors (Lipinski definition) is 0. The van der Waals surface area contributed by atoms with Crippen LogP contribution < -0.4 is 5.43 Å². The highest BCUT2D eigenvalue weighted by atomic mass is 32.2. The van der Waals surface area contributed by atoms with Gasteiger partial charge in [0.25, 0.3) is 15.0 Å². The minimum atomic E-state index is -4.16. The summed E-state index contributed by atoms with van der Waals surface area (Å²) in [6, 6.07) is 6.68. The Morgan fingerprint density at radius 3 is 2.74 bits per heavy atom. The smallest absolute Gasteiger partial charge is 0.268 e. The molecule has 0 aliphatic rings. The van der Waals surface area contributed by atoms with Crippen LogP contribution in [0.15, 0.2) is 44.1 Å². The van der Waals surface area contributed by atoms with Crippen LogP contribution in [-0.4, -0.2) is 23.7 Å². The molecule has 0 unspecified atom stereocenters. The summed E-state index contributed by atoms with van der Waals surface area (Å²) in [7, 11) is -4.16. The van der Waals surface area contributed by atoms with Crippen molar-refractivity contribution in [1.29, 1.82) is 0 Å². The standard InChI is InChI=1S/C14H10N2O5S2/c1-2-11(17)23(19,20)14-16-15-13(22-14)9-7-21-10-6-4-3-5-8(10)12(9)18/h3-7H,2H2,1H3. The van der Waals surface area contributed by atoms with Gasteiger partial charge in [-0.05, 0) is 12.1 Å². The van der Waals surface area contributed by atoms with Gasteiger partial charge in [-0.2, -0.15) is 0 Å². The number of para-hydroxylation sites is 1. The Labute approximate surface area is 134 Å². The number of carbonyl (C=O) groups excluding carboxylic acids is 1. The van der Waals surface area contributed by atoms with Crippen LogP contribution in [0.25, 0.3) is 21.5 Å². The average molecular weight is 350 g/mol.